The van der Waals surface area contributed by atoms with E-state index in [-0.39, 0.29) is 6.61 Å². The maximum Gasteiger partial charge on any atom is 0.197 e. The third kappa shape index (κ3) is 4.05. The van der Waals surface area contributed by atoms with Crippen molar-refractivity contribution in [3.63, 3.8) is 0 Å². The minimum Gasteiger partial charge on any atom is -0.487 e. The zero-order valence-corrected chi connectivity index (χ0v) is 11.3. The summed E-state index contributed by atoms with van der Waals surface area (Å²) >= 11 is 1.36. The van der Waals surface area contributed by atoms with E-state index in [9.17, 15) is 0 Å². The molecule has 1 rings (SSSR count). The molecule has 0 aromatic carbocycles. The molecule has 1 aromatic rings. The first-order valence-electron chi connectivity index (χ1n) is 5.90. The van der Waals surface area contributed by atoms with E-state index < -0.39 is 0 Å². The normalized spacial score (nSPS) is 10.5. The molecular weight excluding hydrogens is 238 g/mol. The first-order chi connectivity index (χ1) is 8.20. The molecule has 0 saturated carbocycles. The summed E-state index contributed by atoms with van der Waals surface area (Å²) in [5.74, 6) is 1.16. The van der Waals surface area contributed by atoms with E-state index in [0.717, 1.165) is 30.8 Å². The molecule has 0 bridgehead atoms. The van der Waals surface area contributed by atoms with E-state index in [4.69, 9.17) is 15.6 Å². The largest absolute Gasteiger partial charge is 0.487 e. The lowest BCUT2D eigenvalue weighted by Gasteiger charge is -2.18. The Hall–Kier alpha value is -1.01. The lowest BCUT2D eigenvalue weighted by Crippen LogP contribution is -2.18. The number of anilines is 2. The molecule has 1 heterocycles. The minimum atomic E-state index is 0.265. The quantitative estimate of drug-likeness (QED) is 0.696. The van der Waals surface area contributed by atoms with E-state index >= 15 is 0 Å². The Labute approximate surface area is 106 Å². The van der Waals surface area contributed by atoms with Crippen molar-refractivity contribution in [1.82, 2.24) is 4.37 Å². The number of rotatable bonds is 8. The summed E-state index contributed by atoms with van der Waals surface area (Å²) in [7, 11) is 2.01. The fourth-order valence-electron chi connectivity index (χ4n) is 1.55. The Morgan fingerprint density at radius 2 is 2.18 bits per heavy atom. The van der Waals surface area contributed by atoms with Gasteiger partial charge in [0.25, 0.3) is 0 Å². The zero-order valence-electron chi connectivity index (χ0n) is 10.5. The number of aliphatic hydroxyl groups excluding tert-OH is 1. The predicted molar refractivity (Wildman–Crippen MR) is 71.9 cm³/mol. The third-order valence-corrected chi connectivity index (χ3v) is 3.40. The molecule has 0 spiro atoms. The molecule has 3 N–H and O–H groups in total. The third-order valence-electron chi connectivity index (χ3n) is 2.44. The van der Waals surface area contributed by atoms with Crippen molar-refractivity contribution in [2.75, 3.05) is 37.4 Å². The van der Waals surface area contributed by atoms with Crippen molar-refractivity contribution < 1.29 is 9.84 Å². The highest BCUT2D eigenvalue weighted by Crippen LogP contribution is 2.37. The van der Waals surface area contributed by atoms with Crippen molar-refractivity contribution in [3.05, 3.63) is 0 Å². The van der Waals surface area contributed by atoms with Gasteiger partial charge >= 0.3 is 0 Å². The summed E-state index contributed by atoms with van der Waals surface area (Å²) < 4.78 is 9.61. The van der Waals surface area contributed by atoms with Crippen molar-refractivity contribution in [3.8, 4) is 5.75 Å². The fraction of sp³-hybridized carbons (Fsp3) is 0.727. The molecule has 1 aromatic heterocycles. The Morgan fingerprint density at radius 3 is 2.82 bits per heavy atom. The molecule has 0 unspecified atom stereocenters. The average molecular weight is 259 g/mol. The Bertz CT molecular complexity index is 331. The Balaban J connectivity index is 2.52. The van der Waals surface area contributed by atoms with Crippen LogP contribution in [-0.2, 0) is 0 Å². The Kier molecular flexibility index (Phi) is 6.07. The van der Waals surface area contributed by atoms with E-state index in [1.807, 2.05) is 14.0 Å². The van der Waals surface area contributed by atoms with Crippen LogP contribution in [0.25, 0.3) is 0 Å². The van der Waals surface area contributed by atoms with Crippen LogP contribution < -0.4 is 15.4 Å². The number of ether oxygens (including phenoxy) is 1. The number of aliphatic hydroxyl groups is 1. The molecule has 0 saturated heterocycles. The highest BCUT2D eigenvalue weighted by molar-refractivity contribution is 7.11. The van der Waals surface area contributed by atoms with Crippen LogP contribution in [-0.4, -0.2) is 36.3 Å². The number of unbranched alkanes of at least 4 members (excludes halogenated alkanes) is 2. The smallest absolute Gasteiger partial charge is 0.197 e. The van der Waals surface area contributed by atoms with Crippen molar-refractivity contribution in [2.45, 2.75) is 26.2 Å². The maximum absolute atomic E-state index is 8.71. The topological polar surface area (TPSA) is 71.6 Å². The van der Waals surface area contributed by atoms with Crippen LogP contribution in [0.2, 0.25) is 0 Å². The van der Waals surface area contributed by atoms with Gasteiger partial charge in [-0.15, -0.1) is 0 Å². The molecule has 98 valence electrons. The molecule has 17 heavy (non-hydrogen) atoms. The first kappa shape index (κ1) is 14.1. The molecular formula is C11H21N3O2S. The summed E-state index contributed by atoms with van der Waals surface area (Å²) in [6.45, 7) is 3.71. The molecule has 0 fully saturated rings. The molecule has 5 nitrogen and oxygen atoms in total. The number of hydrogen-bond donors (Lipinski definition) is 2. The Morgan fingerprint density at radius 1 is 1.41 bits per heavy atom. The number of nitrogens with two attached hydrogens (primary N) is 1. The molecule has 0 atom stereocenters. The second-order valence-corrected chi connectivity index (χ2v) is 4.59. The van der Waals surface area contributed by atoms with Gasteiger partial charge in [-0.25, -0.2) is 0 Å². The van der Waals surface area contributed by atoms with E-state index in [2.05, 4.69) is 9.27 Å². The second-order valence-electron chi connectivity index (χ2n) is 3.84. The van der Waals surface area contributed by atoms with E-state index in [1.54, 1.807) is 0 Å². The summed E-state index contributed by atoms with van der Waals surface area (Å²) in [4.78, 5) is 2.11. The standard InChI is InChI=1S/C11H21N3O2S/c1-3-16-9-10(12)13-17-11(9)14(2)7-5-4-6-8-15/h15H,3-8H2,1-2H3,(H2,12,13). The second kappa shape index (κ2) is 7.34. The number of aromatic nitrogens is 1. The summed E-state index contributed by atoms with van der Waals surface area (Å²) in [5.41, 5.74) is 5.76. The summed E-state index contributed by atoms with van der Waals surface area (Å²) in [6.07, 6.45) is 2.93. The minimum absolute atomic E-state index is 0.265. The fourth-order valence-corrected chi connectivity index (χ4v) is 2.29. The van der Waals surface area contributed by atoms with Crippen molar-refractivity contribution >= 4 is 22.4 Å². The molecule has 0 aliphatic carbocycles. The average Bonchev–Trinajstić information content (AvgIpc) is 2.67. The van der Waals surface area contributed by atoms with Crippen LogP contribution in [0.4, 0.5) is 10.8 Å². The first-order valence-corrected chi connectivity index (χ1v) is 6.68. The molecule has 0 radical (unpaired) electrons. The van der Waals surface area contributed by atoms with Gasteiger partial charge in [-0.05, 0) is 37.7 Å². The van der Waals surface area contributed by atoms with Gasteiger partial charge in [-0.2, -0.15) is 4.37 Å². The van der Waals surface area contributed by atoms with Gasteiger partial charge in [-0.3, -0.25) is 0 Å². The summed E-state index contributed by atoms with van der Waals surface area (Å²) in [6, 6.07) is 0. The van der Waals surface area contributed by atoms with E-state index in [0.29, 0.717) is 18.2 Å². The number of nitrogen functional groups attached to an aromatic ring is 1. The summed E-state index contributed by atoms with van der Waals surface area (Å²) in [5, 5.41) is 9.69. The van der Waals surface area contributed by atoms with E-state index in [1.165, 1.54) is 11.5 Å². The van der Waals surface area contributed by atoms with Crippen LogP contribution in [0.3, 0.4) is 0 Å². The van der Waals surface area contributed by atoms with Gasteiger partial charge in [0.05, 0.1) is 6.61 Å². The predicted octanol–water partition coefficient (Wildman–Crippen LogP) is 1.72. The van der Waals surface area contributed by atoms with Gasteiger partial charge in [0.2, 0.25) is 0 Å². The van der Waals surface area contributed by atoms with Gasteiger partial charge < -0.3 is 20.5 Å². The van der Waals surface area contributed by atoms with Crippen LogP contribution in [0, 0.1) is 0 Å². The lowest BCUT2D eigenvalue weighted by molar-refractivity contribution is 0.283. The zero-order chi connectivity index (χ0) is 12.7. The highest BCUT2D eigenvalue weighted by atomic mass is 32.1. The number of hydrogen-bond acceptors (Lipinski definition) is 6. The highest BCUT2D eigenvalue weighted by Gasteiger charge is 2.15. The van der Waals surface area contributed by atoms with Gasteiger partial charge in [0, 0.05) is 20.2 Å². The molecule has 0 aliphatic heterocycles. The van der Waals surface area contributed by atoms with Gasteiger partial charge in [0.1, 0.15) is 0 Å². The lowest BCUT2D eigenvalue weighted by atomic mass is 10.2. The van der Waals surface area contributed by atoms with Crippen LogP contribution in [0.1, 0.15) is 26.2 Å². The monoisotopic (exact) mass is 259 g/mol. The molecule has 0 amide bonds. The van der Waals surface area contributed by atoms with Gasteiger partial charge in [-0.1, -0.05) is 0 Å². The molecule has 0 aliphatic rings. The molecule has 6 heteroatoms. The van der Waals surface area contributed by atoms with Crippen LogP contribution >= 0.6 is 11.5 Å². The maximum atomic E-state index is 8.71. The van der Waals surface area contributed by atoms with Gasteiger partial charge in [0.15, 0.2) is 16.6 Å². The van der Waals surface area contributed by atoms with Crippen LogP contribution in [0.5, 0.6) is 5.75 Å². The van der Waals surface area contributed by atoms with Crippen molar-refractivity contribution in [2.24, 2.45) is 0 Å². The van der Waals surface area contributed by atoms with Crippen molar-refractivity contribution in [1.29, 1.82) is 0 Å². The number of nitrogens with zero attached hydrogens (tertiary/aromatic N) is 2. The SMILES string of the molecule is CCOc1c(N)nsc1N(C)CCCCCO. The van der Waals surface area contributed by atoms with Crippen LogP contribution in [0.15, 0.2) is 0 Å².